The van der Waals surface area contributed by atoms with Crippen LogP contribution in [-0.4, -0.2) is 49.7 Å². The van der Waals surface area contributed by atoms with E-state index in [9.17, 15) is 4.79 Å². The van der Waals surface area contributed by atoms with Gasteiger partial charge in [-0.25, -0.2) is 4.98 Å². The van der Waals surface area contributed by atoms with Crippen molar-refractivity contribution in [3.63, 3.8) is 0 Å². The Morgan fingerprint density at radius 2 is 2.32 bits per heavy atom. The molecule has 0 fully saturated rings. The maximum Gasteiger partial charge on any atom is 0.290 e. The minimum absolute atomic E-state index is 0.204. The number of hydrogen-bond acceptors (Lipinski definition) is 6. The number of H-pyrrole nitrogens is 1. The number of aromatic nitrogens is 5. The second-order valence-electron chi connectivity index (χ2n) is 4.51. The van der Waals surface area contributed by atoms with E-state index >= 15 is 0 Å². The van der Waals surface area contributed by atoms with Gasteiger partial charge >= 0.3 is 0 Å². The van der Waals surface area contributed by atoms with Crippen LogP contribution >= 0.6 is 0 Å². The summed E-state index contributed by atoms with van der Waals surface area (Å²) in [6, 6.07) is 0. The van der Waals surface area contributed by atoms with Gasteiger partial charge in [0.15, 0.2) is 5.82 Å². The van der Waals surface area contributed by atoms with Gasteiger partial charge in [0.25, 0.3) is 5.91 Å². The monoisotopic (exact) mass is 264 g/mol. The first kappa shape index (κ1) is 13.2. The fourth-order valence-corrected chi connectivity index (χ4v) is 1.46. The van der Waals surface area contributed by atoms with Crippen LogP contribution in [0.4, 0.5) is 0 Å². The van der Waals surface area contributed by atoms with E-state index in [0.29, 0.717) is 24.7 Å². The average Bonchev–Trinajstić information content (AvgIpc) is 3.05. The molecule has 2 aromatic heterocycles. The number of carbonyl (C=O) groups is 1. The molecule has 1 N–H and O–H groups in total. The van der Waals surface area contributed by atoms with Gasteiger partial charge in [-0.05, 0) is 0 Å². The molecule has 8 nitrogen and oxygen atoms in total. The Labute approximate surface area is 110 Å². The summed E-state index contributed by atoms with van der Waals surface area (Å²) in [5.74, 6) is 1.42. The van der Waals surface area contributed by atoms with Gasteiger partial charge in [-0.3, -0.25) is 9.89 Å². The SMILES string of the molecule is CC(C)c1nc(CCN(C)C(=O)c2ncn[nH]2)no1. The lowest BCUT2D eigenvalue weighted by atomic mass is 10.2. The van der Waals surface area contributed by atoms with E-state index in [1.807, 2.05) is 13.8 Å². The predicted molar refractivity (Wildman–Crippen MR) is 65.4 cm³/mol. The van der Waals surface area contributed by atoms with E-state index in [4.69, 9.17) is 4.52 Å². The van der Waals surface area contributed by atoms with Gasteiger partial charge in [-0.15, -0.1) is 0 Å². The first-order valence-electron chi connectivity index (χ1n) is 6.01. The van der Waals surface area contributed by atoms with Crippen molar-refractivity contribution in [1.82, 2.24) is 30.2 Å². The predicted octanol–water partition coefficient (Wildman–Crippen LogP) is 0.626. The fourth-order valence-electron chi connectivity index (χ4n) is 1.46. The third-order valence-corrected chi connectivity index (χ3v) is 2.61. The van der Waals surface area contributed by atoms with Crippen LogP contribution in [0.15, 0.2) is 10.9 Å². The van der Waals surface area contributed by atoms with Crippen molar-refractivity contribution in [2.75, 3.05) is 13.6 Å². The van der Waals surface area contributed by atoms with Gasteiger partial charge in [-0.1, -0.05) is 19.0 Å². The molecule has 0 saturated heterocycles. The Hall–Kier alpha value is -2.25. The van der Waals surface area contributed by atoms with E-state index in [1.165, 1.54) is 11.2 Å². The second-order valence-corrected chi connectivity index (χ2v) is 4.51. The second kappa shape index (κ2) is 5.59. The van der Waals surface area contributed by atoms with Crippen molar-refractivity contribution in [2.45, 2.75) is 26.2 Å². The first-order valence-corrected chi connectivity index (χ1v) is 6.01. The Kier molecular flexibility index (Phi) is 3.88. The Morgan fingerprint density at radius 3 is 2.89 bits per heavy atom. The molecule has 2 aromatic rings. The molecule has 0 radical (unpaired) electrons. The molecule has 2 rings (SSSR count). The van der Waals surface area contributed by atoms with Crippen LogP contribution in [0.1, 0.15) is 42.1 Å². The van der Waals surface area contributed by atoms with Gasteiger partial charge < -0.3 is 9.42 Å². The highest BCUT2D eigenvalue weighted by molar-refractivity contribution is 5.90. The van der Waals surface area contributed by atoms with Crippen molar-refractivity contribution in [3.8, 4) is 0 Å². The van der Waals surface area contributed by atoms with Crippen molar-refractivity contribution in [1.29, 1.82) is 0 Å². The molecule has 1 amide bonds. The summed E-state index contributed by atoms with van der Waals surface area (Å²) in [6.45, 7) is 4.45. The van der Waals surface area contributed by atoms with Gasteiger partial charge in [0.05, 0.1) is 0 Å². The summed E-state index contributed by atoms with van der Waals surface area (Å²) in [5.41, 5.74) is 0. The number of amides is 1. The quantitative estimate of drug-likeness (QED) is 0.849. The molecule has 0 aliphatic carbocycles. The molecule has 0 spiro atoms. The number of likely N-dealkylation sites (N-methyl/N-ethyl adjacent to an activating group) is 1. The van der Waals surface area contributed by atoms with Crippen LogP contribution < -0.4 is 0 Å². The van der Waals surface area contributed by atoms with Gasteiger partial charge in [0.2, 0.25) is 11.7 Å². The van der Waals surface area contributed by atoms with E-state index in [2.05, 4.69) is 25.3 Å². The maximum absolute atomic E-state index is 11.9. The zero-order valence-electron chi connectivity index (χ0n) is 11.1. The number of aromatic amines is 1. The van der Waals surface area contributed by atoms with Crippen LogP contribution in [0.3, 0.4) is 0 Å². The minimum atomic E-state index is -0.218. The molecule has 0 unspecified atom stereocenters. The van der Waals surface area contributed by atoms with Crippen LogP contribution in [0.2, 0.25) is 0 Å². The molecular weight excluding hydrogens is 248 g/mol. The summed E-state index contributed by atoms with van der Waals surface area (Å²) >= 11 is 0. The largest absolute Gasteiger partial charge is 0.339 e. The highest BCUT2D eigenvalue weighted by Gasteiger charge is 2.16. The van der Waals surface area contributed by atoms with Crippen molar-refractivity contribution in [2.24, 2.45) is 0 Å². The number of rotatable bonds is 5. The minimum Gasteiger partial charge on any atom is -0.339 e. The molecule has 2 heterocycles. The number of nitrogens with one attached hydrogen (secondary N) is 1. The van der Waals surface area contributed by atoms with Gasteiger partial charge in [0, 0.05) is 25.9 Å². The maximum atomic E-state index is 11.9. The lowest BCUT2D eigenvalue weighted by Gasteiger charge is -2.13. The Balaban J connectivity index is 1.89. The summed E-state index contributed by atoms with van der Waals surface area (Å²) in [5, 5.41) is 10.0. The molecule has 0 aliphatic heterocycles. The molecular formula is C11H16N6O2. The Morgan fingerprint density at radius 1 is 1.53 bits per heavy atom. The summed E-state index contributed by atoms with van der Waals surface area (Å²) in [4.78, 5) is 21.5. The van der Waals surface area contributed by atoms with Gasteiger partial charge in [-0.2, -0.15) is 10.1 Å². The zero-order chi connectivity index (χ0) is 13.8. The standard InChI is InChI=1S/C11H16N6O2/c1-7(2)10-14-8(16-19-10)4-5-17(3)11(18)9-12-6-13-15-9/h6-7H,4-5H2,1-3H3,(H,12,13,15). The van der Waals surface area contributed by atoms with Crippen molar-refractivity contribution >= 4 is 5.91 Å². The third kappa shape index (κ3) is 3.15. The number of nitrogens with zero attached hydrogens (tertiary/aromatic N) is 5. The van der Waals surface area contributed by atoms with Crippen molar-refractivity contribution < 1.29 is 9.32 Å². The molecule has 0 aromatic carbocycles. The average molecular weight is 264 g/mol. The molecule has 0 atom stereocenters. The molecule has 0 bridgehead atoms. The number of hydrogen-bond donors (Lipinski definition) is 1. The van der Waals surface area contributed by atoms with E-state index in [0.717, 1.165) is 0 Å². The topological polar surface area (TPSA) is 101 Å². The fraction of sp³-hybridized carbons (Fsp3) is 0.545. The van der Waals surface area contributed by atoms with E-state index in [1.54, 1.807) is 7.05 Å². The summed E-state index contributed by atoms with van der Waals surface area (Å²) in [6.07, 6.45) is 1.84. The molecule has 0 saturated carbocycles. The van der Waals surface area contributed by atoms with Crippen LogP contribution in [0, 0.1) is 0 Å². The summed E-state index contributed by atoms with van der Waals surface area (Å²) < 4.78 is 5.10. The van der Waals surface area contributed by atoms with Crippen LogP contribution in [0.5, 0.6) is 0 Å². The van der Waals surface area contributed by atoms with E-state index < -0.39 is 0 Å². The van der Waals surface area contributed by atoms with E-state index in [-0.39, 0.29) is 17.6 Å². The Bertz CT molecular complexity index is 533. The van der Waals surface area contributed by atoms with Crippen LogP contribution in [0.25, 0.3) is 0 Å². The first-order chi connectivity index (χ1) is 9.08. The molecule has 8 heteroatoms. The summed E-state index contributed by atoms with van der Waals surface area (Å²) in [7, 11) is 1.69. The molecule has 0 aliphatic rings. The smallest absolute Gasteiger partial charge is 0.290 e. The number of carbonyl (C=O) groups excluding carboxylic acids is 1. The third-order valence-electron chi connectivity index (χ3n) is 2.61. The van der Waals surface area contributed by atoms with Crippen LogP contribution in [-0.2, 0) is 6.42 Å². The molecule has 102 valence electrons. The normalized spacial score (nSPS) is 10.9. The van der Waals surface area contributed by atoms with Gasteiger partial charge in [0.1, 0.15) is 6.33 Å². The lowest BCUT2D eigenvalue weighted by molar-refractivity contribution is 0.0784. The van der Waals surface area contributed by atoms with Crippen molar-refractivity contribution in [3.05, 3.63) is 23.9 Å². The lowest BCUT2D eigenvalue weighted by Crippen LogP contribution is -2.29. The highest BCUT2D eigenvalue weighted by Crippen LogP contribution is 2.11. The highest BCUT2D eigenvalue weighted by atomic mass is 16.5. The zero-order valence-corrected chi connectivity index (χ0v) is 11.1. The molecule has 19 heavy (non-hydrogen) atoms.